The maximum atomic E-state index is 2.54. The van der Waals surface area contributed by atoms with Crippen molar-refractivity contribution in [2.24, 2.45) is 16.7 Å². The molecule has 0 N–H and O–H groups in total. The number of hydrogen-bond acceptors (Lipinski definition) is 0. The lowest BCUT2D eigenvalue weighted by atomic mass is 9.54. The van der Waals surface area contributed by atoms with E-state index < -0.39 is 0 Å². The molecule has 0 nitrogen and oxygen atoms in total. The third kappa shape index (κ3) is 0.383. The largest absolute Gasteiger partial charge is 0.0591 e. The van der Waals surface area contributed by atoms with Crippen molar-refractivity contribution >= 4 is 0 Å². The molecule has 3 aliphatic carbocycles. The summed E-state index contributed by atoms with van der Waals surface area (Å²) in [5, 5.41) is 0. The average molecular weight is 136 g/mol. The fourth-order valence-corrected chi connectivity index (χ4v) is 3.92. The monoisotopic (exact) mass is 136 g/mol. The minimum absolute atomic E-state index is 0.829. The normalized spacial score (nSPS) is 63.9. The van der Waals surface area contributed by atoms with Crippen molar-refractivity contribution in [3.63, 3.8) is 0 Å². The first-order valence-corrected chi connectivity index (χ1v) is 4.77. The molecule has 0 saturated heterocycles. The van der Waals surface area contributed by atoms with E-state index in [4.69, 9.17) is 0 Å². The van der Waals surface area contributed by atoms with E-state index in [1.165, 1.54) is 18.8 Å². The highest BCUT2D eigenvalue weighted by molar-refractivity contribution is 5.22. The molecule has 10 heavy (non-hydrogen) atoms. The van der Waals surface area contributed by atoms with Crippen molar-refractivity contribution in [1.82, 2.24) is 0 Å². The van der Waals surface area contributed by atoms with Gasteiger partial charge >= 0.3 is 0 Å². The zero-order valence-electron chi connectivity index (χ0n) is 6.82. The Labute approximate surface area is 63.0 Å². The molecule has 0 aliphatic heterocycles. The summed E-state index contributed by atoms with van der Waals surface area (Å²) in [5.41, 5.74) is 1.75. The van der Waals surface area contributed by atoms with Crippen LogP contribution in [0.1, 0.15) is 45.4 Å². The van der Waals surface area contributed by atoms with Crippen molar-refractivity contribution in [3.05, 3.63) is 0 Å². The second-order valence-corrected chi connectivity index (χ2v) is 5.03. The van der Waals surface area contributed by atoms with Gasteiger partial charge in [0.1, 0.15) is 0 Å². The maximum Gasteiger partial charge on any atom is -0.0212 e. The molecule has 0 aromatic heterocycles. The van der Waals surface area contributed by atoms with Gasteiger partial charge in [-0.3, -0.25) is 0 Å². The van der Waals surface area contributed by atoms with Gasteiger partial charge in [0.25, 0.3) is 0 Å². The first-order chi connectivity index (χ1) is 4.77. The SMILES string of the molecule is CC12CCCC[C@@]13CC3C2. The van der Waals surface area contributed by atoms with Gasteiger partial charge in [-0.25, -0.2) is 0 Å². The summed E-state index contributed by atoms with van der Waals surface area (Å²) in [7, 11) is 0. The summed E-state index contributed by atoms with van der Waals surface area (Å²) < 4.78 is 0. The van der Waals surface area contributed by atoms with Crippen LogP contribution in [0.5, 0.6) is 0 Å². The maximum absolute atomic E-state index is 2.54. The van der Waals surface area contributed by atoms with Crippen molar-refractivity contribution in [2.75, 3.05) is 0 Å². The van der Waals surface area contributed by atoms with Gasteiger partial charge in [-0.2, -0.15) is 0 Å². The number of hydrogen-bond donors (Lipinski definition) is 0. The van der Waals surface area contributed by atoms with Crippen LogP contribution in [0.2, 0.25) is 0 Å². The minimum Gasteiger partial charge on any atom is -0.0591 e. The van der Waals surface area contributed by atoms with Gasteiger partial charge < -0.3 is 0 Å². The quantitative estimate of drug-likeness (QED) is 0.480. The summed E-state index contributed by atoms with van der Waals surface area (Å²) in [6.07, 6.45) is 9.35. The van der Waals surface area contributed by atoms with Crippen molar-refractivity contribution < 1.29 is 0 Å². The molecule has 2 unspecified atom stereocenters. The van der Waals surface area contributed by atoms with Crippen LogP contribution in [0.15, 0.2) is 0 Å². The van der Waals surface area contributed by atoms with Crippen molar-refractivity contribution in [2.45, 2.75) is 45.4 Å². The van der Waals surface area contributed by atoms with E-state index in [2.05, 4.69) is 6.92 Å². The smallest absolute Gasteiger partial charge is 0.0212 e. The highest BCUT2D eigenvalue weighted by Crippen LogP contribution is 2.82. The van der Waals surface area contributed by atoms with Crippen LogP contribution in [0.4, 0.5) is 0 Å². The van der Waals surface area contributed by atoms with E-state index in [9.17, 15) is 0 Å². The van der Waals surface area contributed by atoms with Gasteiger partial charge in [0.15, 0.2) is 0 Å². The zero-order chi connectivity index (χ0) is 6.82. The van der Waals surface area contributed by atoms with E-state index in [0.717, 1.165) is 10.8 Å². The van der Waals surface area contributed by atoms with Gasteiger partial charge in [0, 0.05) is 0 Å². The Morgan fingerprint density at radius 1 is 1.10 bits per heavy atom. The molecular formula is C10H16. The van der Waals surface area contributed by atoms with Crippen molar-refractivity contribution in [3.8, 4) is 0 Å². The summed E-state index contributed by atoms with van der Waals surface area (Å²) >= 11 is 0. The molecule has 0 amide bonds. The van der Waals surface area contributed by atoms with E-state index in [1.807, 2.05) is 0 Å². The zero-order valence-corrected chi connectivity index (χ0v) is 6.82. The first-order valence-electron chi connectivity index (χ1n) is 4.77. The molecule has 3 aliphatic rings. The summed E-state index contributed by atoms with van der Waals surface area (Å²) in [4.78, 5) is 0. The molecule has 0 aromatic carbocycles. The Hall–Kier alpha value is 0. The lowest BCUT2D eigenvalue weighted by Gasteiger charge is -2.51. The van der Waals surface area contributed by atoms with E-state index in [0.29, 0.717) is 0 Å². The van der Waals surface area contributed by atoms with Crippen LogP contribution in [0.3, 0.4) is 0 Å². The van der Waals surface area contributed by atoms with Gasteiger partial charge in [-0.15, -0.1) is 0 Å². The predicted molar refractivity (Wildman–Crippen MR) is 41.7 cm³/mol. The Balaban J connectivity index is 1.95. The molecule has 0 heteroatoms. The molecule has 3 rings (SSSR count). The van der Waals surface area contributed by atoms with E-state index >= 15 is 0 Å². The summed E-state index contributed by atoms with van der Waals surface area (Å²) in [5.74, 6) is 1.19. The second kappa shape index (κ2) is 1.31. The third-order valence-electron chi connectivity index (χ3n) is 4.73. The van der Waals surface area contributed by atoms with E-state index in [1.54, 1.807) is 25.7 Å². The number of rotatable bonds is 0. The lowest BCUT2D eigenvalue weighted by Crippen LogP contribution is -2.42. The van der Waals surface area contributed by atoms with Gasteiger partial charge in [0.05, 0.1) is 0 Å². The van der Waals surface area contributed by atoms with Crippen LogP contribution in [-0.2, 0) is 0 Å². The van der Waals surface area contributed by atoms with Crippen LogP contribution in [0.25, 0.3) is 0 Å². The molecule has 0 heterocycles. The van der Waals surface area contributed by atoms with Crippen LogP contribution < -0.4 is 0 Å². The van der Waals surface area contributed by atoms with Crippen molar-refractivity contribution in [1.29, 1.82) is 0 Å². The van der Waals surface area contributed by atoms with Gasteiger partial charge in [-0.1, -0.05) is 19.8 Å². The minimum atomic E-state index is 0.829. The Morgan fingerprint density at radius 3 is 2.40 bits per heavy atom. The molecule has 1 spiro atoms. The molecule has 3 saturated carbocycles. The van der Waals surface area contributed by atoms with Crippen LogP contribution in [0, 0.1) is 16.7 Å². The topological polar surface area (TPSA) is 0 Å². The molecule has 3 atom stereocenters. The Bertz CT molecular complexity index is 178. The Kier molecular flexibility index (Phi) is 0.735. The molecule has 0 bridgehead atoms. The highest BCUT2D eigenvalue weighted by Gasteiger charge is 2.73. The Morgan fingerprint density at radius 2 is 1.90 bits per heavy atom. The van der Waals surface area contributed by atoms with Gasteiger partial charge in [-0.05, 0) is 42.4 Å². The average Bonchev–Trinajstić information content (AvgIpc) is 2.42. The second-order valence-electron chi connectivity index (χ2n) is 5.03. The van der Waals surface area contributed by atoms with Crippen LogP contribution in [-0.4, -0.2) is 0 Å². The molecule has 3 fully saturated rings. The molecular weight excluding hydrogens is 120 g/mol. The molecule has 0 radical (unpaired) electrons. The third-order valence-corrected chi connectivity index (χ3v) is 4.73. The fourth-order valence-electron chi connectivity index (χ4n) is 3.92. The van der Waals surface area contributed by atoms with Gasteiger partial charge in [0.2, 0.25) is 0 Å². The van der Waals surface area contributed by atoms with Crippen LogP contribution >= 0.6 is 0 Å². The summed E-state index contributed by atoms with van der Waals surface area (Å²) in [6.45, 7) is 2.54. The molecule has 0 aromatic rings. The fraction of sp³-hybridized carbons (Fsp3) is 1.00. The van der Waals surface area contributed by atoms with E-state index in [-0.39, 0.29) is 0 Å². The standard InChI is InChI=1S/C10H16/c1-9-4-2-3-5-10(9)7-8(10)6-9/h8H,2-7H2,1H3/t8?,9?,10-/m0/s1. The highest BCUT2D eigenvalue weighted by atomic mass is 14.8. The molecule has 56 valence electrons. The summed E-state index contributed by atoms with van der Waals surface area (Å²) in [6, 6.07) is 0. The predicted octanol–water partition coefficient (Wildman–Crippen LogP) is 2.98. The lowest BCUT2D eigenvalue weighted by molar-refractivity contribution is -0.0113. The first kappa shape index (κ1) is 5.62.